The summed E-state index contributed by atoms with van der Waals surface area (Å²) in [6.07, 6.45) is 0.792. The molecule has 1 aliphatic rings. The molecule has 0 spiro atoms. The summed E-state index contributed by atoms with van der Waals surface area (Å²) in [6.45, 7) is 1.04. The first-order valence-electron chi connectivity index (χ1n) is 5.10. The Bertz CT molecular complexity index is 391. The molecule has 2 rings (SSSR count). The van der Waals surface area contributed by atoms with E-state index in [1.807, 2.05) is 0 Å². The van der Waals surface area contributed by atoms with E-state index in [1.165, 1.54) is 17.2 Å². The molecule has 0 atom stereocenters. The molecular formula is C10H11F2NO3S. The van der Waals surface area contributed by atoms with Gasteiger partial charge in [0.25, 0.3) is 5.76 Å². The van der Waals surface area contributed by atoms with Crippen molar-refractivity contribution in [3.05, 3.63) is 23.7 Å². The van der Waals surface area contributed by atoms with E-state index in [-0.39, 0.29) is 17.4 Å². The highest BCUT2D eigenvalue weighted by Gasteiger charge is 2.23. The first-order valence-corrected chi connectivity index (χ1v) is 6.15. The van der Waals surface area contributed by atoms with E-state index < -0.39 is 5.76 Å². The van der Waals surface area contributed by atoms with Crippen molar-refractivity contribution in [2.24, 2.45) is 0 Å². The minimum Gasteiger partial charge on any atom is -0.455 e. The molecule has 0 aromatic carbocycles. The molecule has 0 bridgehead atoms. The zero-order valence-corrected chi connectivity index (χ0v) is 9.71. The Hall–Kier alpha value is -1.08. The van der Waals surface area contributed by atoms with E-state index in [4.69, 9.17) is 9.25 Å². The summed E-state index contributed by atoms with van der Waals surface area (Å²) in [7, 11) is 0. The fraction of sp³-hybridized carbons (Fsp3) is 0.500. The van der Waals surface area contributed by atoms with Crippen LogP contribution in [0.15, 0.2) is 16.5 Å². The molecule has 1 amide bonds. The van der Waals surface area contributed by atoms with Crippen LogP contribution in [-0.4, -0.2) is 29.9 Å². The molecule has 1 saturated heterocycles. The van der Waals surface area contributed by atoms with E-state index in [0.717, 1.165) is 6.42 Å². The van der Waals surface area contributed by atoms with Crippen molar-refractivity contribution in [3.63, 3.8) is 0 Å². The maximum Gasteiger partial charge on any atom is 0.313 e. The largest absolute Gasteiger partial charge is 0.455 e. The van der Waals surface area contributed by atoms with Crippen LogP contribution in [0.2, 0.25) is 0 Å². The zero-order valence-electron chi connectivity index (χ0n) is 8.90. The standard InChI is InChI=1S/C10H11F2NO3S/c11-10(12)17-6-7-2-3-8(16-7)9(14)13-4-1-5-15-13/h2-3,10H,1,4-6H2. The molecule has 0 aliphatic carbocycles. The number of hydrogen-bond acceptors (Lipinski definition) is 4. The number of alkyl halides is 2. The summed E-state index contributed by atoms with van der Waals surface area (Å²) in [6, 6.07) is 3.00. The van der Waals surface area contributed by atoms with E-state index in [9.17, 15) is 13.6 Å². The fourth-order valence-electron chi connectivity index (χ4n) is 1.45. The smallest absolute Gasteiger partial charge is 0.313 e. The van der Waals surface area contributed by atoms with Gasteiger partial charge in [-0.25, -0.2) is 5.06 Å². The summed E-state index contributed by atoms with van der Waals surface area (Å²) < 4.78 is 29.1. The Morgan fingerprint density at radius 1 is 1.53 bits per heavy atom. The zero-order chi connectivity index (χ0) is 12.3. The molecular weight excluding hydrogens is 252 g/mol. The van der Waals surface area contributed by atoms with Crippen molar-refractivity contribution < 1.29 is 22.8 Å². The Balaban J connectivity index is 1.95. The van der Waals surface area contributed by atoms with E-state index >= 15 is 0 Å². The molecule has 0 saturated carbocycles. The number of halogens is 2. The summed E-state index contributed by atoms with van der Waals surface area (Å²) in [5.41, 5.74) is 0. The maximum atomic E-state index is 12.0. The summed E-state index contributed by atoms with van der Waals surface area (Å²) in [4.78, 5) is 16.8. The van der Waals surface area contributed by atoms with Crippen LogP contribution in [0.25, 0.3) is 0 Å². The van der Waals surface area contributed by atoms with Gasteiger partial charge < -0.3 is 4.42 Å². The highest BCUT2D eigenvalue weighted by Crippen LogP contribution is 2.22. The molecule has 1 aromatic rings. The lowest BCUT2D eigenvalue weighted by Gasteiger charge is -2.11. The van der Waals surface area contributed by atoms with Crippen LogP contribution in [0.5, 0.6) is 0 Å². The molecule has 2 heterocycles. The van der Waals surface area contributed by atoms with Crippen LogP contribution >= 0.6 is 11.8 Å². The summed E-state index contributed by atoms with van der Waals surface area (Å²) >= 11 is 0.458. The van der Waals surface area contributed by atoms with Gasteiger partial charge in [0.2, 0.25) is 0 Å². The SMILES string of the molecule is O=C(c1ccc(CSC(F)F)o1)N1CCCO1. The molecule has 1 aromatic heterocycles. The van der Waals surface area contributed by atoms with Gasteiger partial charge in [0, 0.05) is 0 Å². The van der Waals surface area contributed by atoms with E-state index in [1.54, 1.807) is 0 Å². The van der Waals surface area contributed by atoms with Gasteiger partial charge in [-0.15, -0.1) is 0 Å². The van der Waals surface area contributed by atoms with Gasteiger partial charge in [-0.2, -0.15) is 8.78 Å². The van der Waals surface area contributed by atoms with Gasteiger partial charge in [0.15, 0.2) is 5.76 Å². The Morgan fingerprint density at radius 2 is 2.35 bits per heavy atom. The Morgan fingerprint density at radius 3 is 3.00 bits per heavy atom. The van der Waals surface area contributed by atoms with Crippen molar-refractivity contribution in [1.29, 1.82) is 0 Å². The van der Waals surface area contributed by atoms with Gasteiger partial charge in [0.05, 0.1) is 18.9 Å². The van der Waals surface area contributed by atoms with Crippen LogP contribution in [-0.2, 0) is 10.6 Å². The molecule has 4 nitrogen and oxygen atoms in total. The number of carbonyl (C=O) groups excluding carboxylic acids is 1. The molecule has 1 aliphatic heterocycles. The second-order valence-electron chi connectivity index (χ2n) is 3.43. The van der Waals surface area contributed by atoms with E-state index in [2.05, 4.69) is 0 Å². The quantitative estimate of drug-likeness (QED) is 0.837. The number of carbonyl (C=O) groups is 1. The van der Waals surface area contributed by atoms with Crippen LogP contribution in [0.3, 0.4) is 0 Å². The second-order valence-corrected chi connectivity index (χ2v) is 4.41. The van der Waals surface area contributed by atoms with Crippen molar-refractivity contribution in [3.8, 4) is 0 Å². The van der Waals surface area contributed by atoms with Gasteiger partial charge in [-0.05, 0) is 18.6 Å². The van der Waals surface area contributed by atoms with Gasteiger partial charge >= 0.3 is 5.91 Å². The number of hydroxylamine groups is 2. The number of amides is 1. The van der Waals surface area contributed by atoms with Crippen molar-refractivity contribution in [2.45, 2.75) is 17.9 Å². The highest BCUT2D eigenvalue weighted by atomic mass is 32.2. The Labute approximate surface area is 101 Å². The number of rotatable bonds is 4. The molecule has 1 fully saturated rings. The molecule has 17 heavy (non-hydrogen) atoms. The molecule has 0 unspecified atom stereocenters. The lowest BCUT2D eigenvalue weighted by Crippen LogP contribution is -2.25. The minimum absolute atomic E-state index is 0.0474. The number of hydrogen-bond donors (Lipinski definition) is 0. The van der Waals surface area contributed by atoms with Gasteiger partial charge in [0.1, 0.15) is 5.76 Å². The lowest BCUT2D eigenvalue weighted by atomic mass is 10.4. The third-order valence-corrected chi connectivity index (χ3v) is 2.91. The van der Waals surface area contributed by atoms with E-state index in [0.29, 0.717) is 30.7 Å². The monoisotopic (exact) mass is 263 g/mol. The predicted molar refractivity (Wildman–Crippen MR) is 57.6 cm³/mol. The van der Waals surface area contributed by atoms with Gasteiger partial charge in [-0.1, -0.05) is 11.8 Å². The molecule has 0 N–H and O–H groups in total. The third-order valence-electron chi connectivity index (χ3n) is 2.20. The molecule has 94 valence electrons. The van der Waals surface area contributed by atoms with Crippen LogP contribution in [0, 0.1) is 0 Å². The first kappa shape index (κ1) is 12.4. The van der Waals surface area contributed by atoms with Crippen molar-refractivity contribution in [2.75, 3.05) is 13.2 Å². The fourth-order valence-corrected chi connectivity index (χ4v) is 1.89. The Kier molecular flexibility index (Phi) is 4.01. The topological polar surface area (TPSA) is 42.7 Å². The van der Waals surface area contributed by atoms with Crippen LogP contribution < -0.4 is 0 Å². The maximum absolute atomic E-state index is 12.0. The average molecular weight is 263 g/mol. The summed E-state index contributed by atoms with van der Waals surface area (Å²) in [5, 5.41) is 1.23. The number of furan rings is 1. The number of thioether (sulfide) groups is 1. The van der Waals surface area contributed by atoms with Crippen molar-refractivity contribution >= 4 is 17.7 Å². The molecule has 7 heteroatoms. The first-order chi connectivity index (χ1) is 8.16. The predicted octanol–water partition coefficient (Wildman–Crippen LogP) is 2.51. The third kappa shape index (κ3) is 3.19. The summed E-state index contributed by atoms with van der Waals surface area (Å²) in [5.74, 6) is -2.28. The molecule has 0 radical (unpaired) electrons. The lowest BCUT2D eigenvalue weighted by molar-refractivity contribution is -0.0784. The van der Waals surface area contributed by atoms with Crippen LogP contribution in [0.4, 0.5) is 8.78 Å². The highest BCUT2D eigenvalue weighted by molar-refractivity contribution is 7.98. The van der Waals surface area contributed by atoms with Crippen molar-refractivity contribution in [1.82, 2.24) is 5.06 Å². The minimum atomic E-state index is -2.44. The van der Waals surface area contributed by atoms with Crippen LogP contribution in [0.1, 0.15) is 22.7 Å². The number of nitrogens with zero attached hydrogens (tertiary/aromatic N) is 1. The average Bonchev–Trinajstić information content (AvgIpc) is 2.97. The second kappa shape index (κ2) is 5.50. The van der Waals surface area contributed by atoms with Gasteiger partial charge in [-0.3, -0.25) is 9.63 Å². The normalized spacial score (nSPS) is 15.8.